The van der Waals surface area contributed by atoms with Crippen LogP contribution in [0.15, 0.2) is 22.7 Å². The minimum Gasteiger partial charge on any atom is -0.398 e. The second-order valence-corrected chi connectivity index (χ2v) is 6.10. The van der Waals surface area contributed by atoms with Gasteiger partial charge in [0.1, 0.15) is 0 Å². The number of hydrogen-bond acceptors (Lipinski definition) is 3. The fraction of sp³-hybridized carbons (Fsp3) is 0.500. The number of aliphatic hydroxyl groups is 1. The van der Waals surface area contributed by atoms with Crippen LogP contribution in [0.25, 0.3) is 0 Å². The first-order valence-electron chi connectivity index (χ1n) is 6.55. The van der Waals surface area contributed by atoms with Crippen molar-refractivity contribution < 1.29 is 9.90 Å². The number of carbonyl (C=O) groups excluding carboxylic acids is 1. The van der Waals surface area contributed by atoms with Crippen molar-refractivity contribution in [3.05, 3.63) is 28.2 Å². The Bertz CT molecular complexity index is 471. The monoisotopic (exact) mass is 326 g/mol. The van der Waals surface area contributed by atoms with Crippen LogP contribution < -0.4 is 11.1 Å². The zero-order valence-corrected chi connectivity index (χ0v) is 12.4. The van der Waals surface area contributed by atoms with Crippen LogP contribution in [0.3, 0.4) is 0 Å². The zero-order chi connectivity index (χ0) is 13.9. The summed E-state index contributed by atoms with van der Waals surface area (Å²) in [5.41, 5.74) is 6.28. The first-order chi connectivity index (χ1) is 9.06. The Balaban J connectivity index is 2.15. The summed E-state index contributed by atoms with van der Waals surface area (Å²) in [6.07, 6.45) is 4.89. The molecule has 5 heteroatoms. The molecule has 0 radical (unpaired) electrons. The van der Waals surface area contributed by atoms with E-state index in [2.05, 4.69) is 21.2 Å². The maximum Gasteiger partial charge on any atom is 0.253 e. The molecule has 0 spiro atoms. The highest BCUT2D eigenvalue weighted by molar-refractivity contribution is 9.10. The molecule has 1 aliphatic rings. The molecule has 2 rings (SSSR count). The molecule has 104 valence electrons. The first-order valence-corrected chi connectivity index (χ1v) is 7.34. The number of nitrogen functional groups attached to an aromatic ring is 1. The van der Waals surface area contributed by atoms with E-state index in [1.807, 2.05) is 0 Å². The van der Waals surface area contributed by atoms with Gasteiger partial charge in [-0.25, -0.2) is 0 Å². The van der Waals surface area contributed by atoms with Gasteiger partial charge >= 0.3 is 0 Å². The van der Waals surface area contributed by atoms with Gasteiger partial charge in [-0.3, -0.25) is 4.79 Å². The summed E-state index contributed by atoms with van der Waals surface area (Å²) in [7, 11) is 0. The van der Waals surface area contributed by atoms with Gasteiger partial charge in [0.2, 0.25) is 0 Å². The number of carbonyl (C=O) groups is 1. The Labute approximate surface area is 121 Å². The summed E-state index contributed by atoms with van der Waals surface area (Å²) in [4.78, 5) is 12.3. The Morgan fingerprint density at radius 1 is 1.37 bits per heavy atom. The van der Waals surface area contributed by atoms with Crippen LogP contribution in [-0.4, -0.2) is 23.2 Å². The van der Waals surface area contributed by atoms with Crippen molar-refractivity contribution in [1.29, 1.82) is 0 Å². The highest BCUT2D eigenvalue weighted by Crippen LogP contribution is 2.28. The van der Waals surface area contributed by atoms with Crippen LogP contribution in [0.4, 0.5) is 5.69 Å². The van der Waals surface area contributed by atoms with Gasteiger partial charge in [-0.05, 0) is 31.0 Å². The van der Waals surface area contributed by atoms with Gasteiger partial charge in [-0.15, -0.1) is 0 Å². The van der Waals surface area contributed by atoms with E-state index in [1.165, 1.54) is 0 Å². The number of hydrogen-bond donors (Lipinski definition) is 3. The average Bonchev–Trinajstić information content (AvgIpc) is 2.39. The van der Waals surface area contributed by atoms with Crippen molar-refractivity contribution in [3.63, 3.8) is 0 Å². The van der Waals surface area contributed by atoms with E-state index in [4.69, 9.17) is 5.73 Å². The number of halogens is 1. The van der Waals surface area contributed by atoms with Crippen molar-refractivity contribution in [2.24, 2.45) is 0 Å². The molecule has 0 heterocycles. The van der Waals surface area contributed by atoms with Crippen LogP contribution in [0.1, 0.15) is 42.5 Å². The number of aliphatic hydroxyl groups excluding tert-OH is 1. The molecule has 0 aliphatic heterocycles. The second-order valence-electron chi connectivity index (χ2n) is 5.18. The Kier molecular flexibility index (Phi) is 4.47. The third-order valence-electron chi connectivity index (χ3n) is 3.75. The Morgan fingerprint density at radius 3 is 2.63 bits per heavy atom. The quantitative estimate of drug-likeness (QED) is 0.747. The summed E-state index contributed by atoms with van der Waals surface area (Å²) in [6, 6.07) is 5.20. The number of nitrogens with two attached hydrogens (primary N) is 1. The van der Waals surface area contributed by atoms with Crippen molar-refractivity contribution in [1.82, 2.24) is 5.32 Å². The molecule has 0 saturated heterocycles. The predicted molar refractivity (Wildman–Crippen MR) is 78.9 cm³/mol. The molecule has 0 unspecified atom stereocenters. The molecule has 1 fully saturated rings. The second kappa shape index (κ2) is 5.92. The molecular formula is C14H19BrN2O2. The van der Waals surface area contributed by atoms with E-state index < -0.39 is 5.54 Å². The van der Waals surface area contributed by atoms with E-state index in [-0.39, 0.29) is 12.5 Å². The van der Waals surface area contributed by atoms with E-state index in [0.717, 1.165) is 36.6 Å². The van der Waals surface area contributed by atoms with Crippen LogP contribution >= 0.6 is 15.9 Å². The lowest BCUT2D eigenvalue weighted by atomic mass is 9.82. The molecule has 1 saturated carbocycles. The van der Waals surface area contributed by atoms with Gasteiger partial charge in [-0.2, -0.15) is 0 Å². The van der Waals surface area contributed by atoms with Crippen molar-refractivity contribution in [2.45, 2.75) is 37.6 Å². The smallest absolute Gasteiger partial charge is 0.253 e. The number of amides is 1. The summed E-state index contributed by atoms with van der Waals surface area (Å²) in [5.74, 6) is -0.207. The molecule has 0 aromatic heterocycles. The fourth-order valence-electron chi connectivity index (χ4n) is 2.60. The summed E-state index contributed by atoms with van der Waals surface area (Å²) in [5, 5.41) is 12.6. The molecule has 0 atom stereocenters. The molecule has 1 aromatic rings. The van der Waals surface area contributed by atoms with Gasteiger partial charge in [0.25, 0.3) is 5.91 Å². The summed E-state index contributed by atoms with van der Waals surface area (Å²) >= 11 is 3.32. The Hall–Kier alpha value is -1.07. The minimum absolute atomic E-state index is 0.0187. The number of nitrogens with one attached hydrogen (secondary N) is 1. The molecule has 19 heavy (non-hydrogen) atoms. The fourth-order valence-corrected chi connectivity index (χ4v) is 2.98. The molecular weight excluding hydrogens is 308 g/mol. The van der Waals surface area contributed by atoms with Crippen LogP contribution in [0.2, 0.25) is 0 Å². The van der Waals surface area contributed by atoms with Crippen LogP contribution in [0.5, 0.6) is 0 Å². The number of rotatable bonds is 3. The first kappa shape index (κ1) is 14.3. The third kappa shape index (κ3) is 3.28. The zero-order valence-electron chi connectivity index (χ0n) is 10.8. The highest BCUT2D eigenvalue weighted by Gasteiger charge is 2.33. The van der Waals surface area contributed by atoms with E-state index in [0.29, 0.717) is 11.3 Å². The van der Waals surface area contributed by atoms with Crippen molar-refractivity contribution in [2.75, 3.05) is 12.3 Å². The SMILES string of the molecule is Nc1cc(Br)ccc1C(=O)NC1(CO)CCCCC1. The van der Waals surface area contributed by atoms with Gasteiger partial charge in [0, 0.05) is 10.2 Å². The lowest BCUT2D eigenvalue weighted by Gasteiger charge is -2.36. The van der Waals surface area contributed by atoms with Gasteiger partial charge in [0.05, 0.1) is 17.7 Å². The van der Waals surface area contributed by atoms with Gasteiger partial charge in [-0.1, -0.05) is 35.2 Å². The largest absolute Gasteiger partial charge is 0.398 e. The topological polar surface area (TPSA) is 75.4 Å². The van der Waals surface area contributed by atoms with E-state index in [9.17, 15) is 9.90 Å². The average molecular weight is 327 g/mol. The van der Waals surface area contributed by atoms with Crippen molar-refractivity contribution in [3.8, 4) is 0 Å². The van der Waals surface area contributed by atoms with Crippen molar-refractivity contribution >= 4 is 27.5 Å². The maximum atomic E-state index is 12.3. The lowest BCUT2D eigenvalue weighted by molar-refractivity contribution is 0.0759. The minimum atomic E-state index is -0.477. The summed E-state index contributed by atoms with van der Waals surface area (Å²) < 4.78 is 0.844. The number of anilines is 1. The highest BCUT2D eigenvalue weighted by atomic mass is 79.9. The van der Waals surface area contributed by atoms with Crippen LogP contribution in [0, 0.1) is 0 Å². The lowest BCUT2D eigenvalue weighted by Crippen LogP contribution is -2.52. The normalized spacial score (nSPS) is 18.0. The summed E-state index contributed by atoms with van der Waals surface area (Å²) in [6.45, 7) is -0.0187. The van der Waals surface area contributed by atoms with Crippen LogP contribution in [-0.2, 0) is 0 Å². The molecule has 1 aromatic carbocycles. The molecule has 4 N–H and O–H groups in total. The molecule has 1 aliphatic carbocycles. The maximum absolute atomic E-state index is 12.3. The third-order valence-corrected chi connectivity index (χ3v) is 4.24. The standard InChI is InChI=1S/C14H19BrN2O2/c15-10-4-5-11(12(16)8-10)13(19)17-14(9-18)6-2-1-3-7-14/h4-5,8,18H,1-3,6-7,9,16H2,(H,17,19). The Morgan fingerprint density at radius 2 is 2.05 bits per heavy atom. The predicted octanol–water partition coefficient (Wildman–Crippen LogP) is 2.46. The molecule has 4 nitrogen and oxygen atoms in total. The number of benzene rings is 1. The van der Waals surface area contributed by atoms with Gasteiger partial charge < -0.3 is 16.2 Å². The molecule has 0 bridgehead atoms. The van der Waals surface area contributed by atoms with E-state index in [1.54, 1.807) is 18.2 Å². The van der Waals surface area contributed by atoms with Gasteiger partial charge in [0.15, 0.2) is 0 Å². The van der Waals surface area contributed by atoms with E-state index >= 15 is 0 Å². The molecule has 1 amide bonds.